The summed E-state index contributed by atoms with van der Waals surface area (Å²) in [7, 11) is 2.97. The quantitative estimate of drug-likeness (QED) is 0.161. The molecule has 1 aromatic heterocycles. The fraction of sp³-hybridized carbons (Fsp3) is 0.389. The molecule has 1 aliphatic heterocycles. The predicted molar refractivity (Wildman–Crippen MR) is 184 cm³/mol. The van der Waals surface area contributed by atoms with Crippen LogP contribution < -0.4 is 18.7 Å². The third-order valence-corrected chi connectivity index (χ3v) is 11.3. The van der Waals surface area contributed by atoms with Crippen molar-refractivity contribution >= 4 is 21.5 Å². The van der Waals surface area contributed by atoms with E-state index in [1.807, 2.05) is 26.2 Å². The molecule has 1 atom stereocenters. The summed E-state index contributed by atoms with van der Waals surface area (Å²) < 4.78 is 80.9. The first-order valence-corrected chi connectivity index (χ1v) is 17.4. The highest BCUT2D eigenvalue weighted by Crippen LogP contribution is 2.37. The third-order valence-electron chi connectivity index (χ3n) is 9.36. The number of aryl methyl sites for hydroxylation is 2. The number of ether oxygens (including phenoxy) is 2. The lowest BCUT2D eigenvalue weighted by atomic mass is 9.82. The summed E-state index contributed by atoms with van der Waals surface area (Å²) in [6.45, 7) is 3.15. The zero-order valence-corrected chi connectivity index (χ0v) is 29.2. The summed E-state index contributed by atoms with van der Waals surface area (Å²) in [5.41, 5.74) is 1.81. The maximum absolute atomic E-state index is 14.4. The average Bonchev–Trinajstić information content (AvgIpc) is 3.09. The number of benzene rings is 3. The monoisotopic (exact) mass is 697 g/mol. The van der Waals surface area contributed by atoms with Crippen LogP contribution >= 0.6 is 0 Å². The zero-order valence-electron chi connectivity index (χ0n) is 28.4. The molecule has 0 radical (unpaired) electrons. The standard InChI is InChI=1S/C36H42F3N5O4S/c1-26-20-30(43-19-7-16-35(24-43,42(2)3)17-14-27-8-6-9-29(21-27)36(37,38)39)11-13-33(26)49(45,46)44(34-15-18-40-25-41-34)23-28-10-12-31(47-4)22-32(28)48-5/h6,8-13,15,18,20-22,25H,7,14,16-17,19,23-24H2,1-5H3/t35-/m1/s1. The van der Waals surface area contributed by atoms with Gasteiger partial charge in [0.25, 0.3) is 10.0 Å². The average molecular weight is 698 g/mol. The second-order valence-electron chi connectivity index (χ2n) is 12.5. The number of hydrogen-bond donors (Lipinski definition) is 0. The maximum atomic E-state index is 14.4. The lowest BCUT2D eigenvalue weighted by molar-refractivity contribution is -0.137. The number of aromatic nitrogens is 2. The summed E-state index contributed by atoms with van der Waals surface area (Å²) in [5.74, 6) is 1.27. The molecule has 1 fully saturated rings. The van der Waals surface area contributed by atoms with Crippen molar-refractivity contribution in [3.63, 3.8) is 0 Å². The topological polar surface area (TPSA) is 88.1 Å². The molecule has 1 aliphatic rings. The Kier molecular flexibility index (Phi) is 10.7. The van der Waals surface area contributed by atoms with Gasteiger partial charge in [-0.05, 0) is 94.2 Å². The Balaban J connectivity index is 1.41. The van der Waals surface area contributed by atoms with Gasteiger partial charge in [0.15, 0.2) is 0 Å². The van der Waals surface area contributed by atoms with Crippen molar-refractivity contribution in [3.8, 4) is 11.5 Å². The molecule has 0 bridgehead atoms. The number of hydrogen-bond acceptors (Lipinski definition) is 8. The molecule has 0 unspecified atom stereocenters. The zero-order chi connectivity index (χ0) is 35.4. The maximum Gasteiger partial charge on any atom is 0.416 e. The molecular weight excluding hydrogens is 655 g/mol. The summed E-state index contributed by atoms with van der Waals surface area (Å²) in [6.07, 6.45) is 1.36. The molecule has 0 N–H and O–H groups in total. The Hall–Kier alpha value is -4.36. The highest BCUT2D eigenvalue weighted by molar-refractivity contribution is 7.92. The molecule has 0 aliphatic carbocycles. The first kappa shape index (κ1) is 35.9. The normalized spacial score (nSPS) is 16.9. The van der Waals surface area contributed by atoms with Gasteiger partial charge in [0.05, 0.1) is 31.2 Å². The Morgan fingerprint density at radius 2 is 1.80 bits per heavy atom. The van der Waals surface area contributed by atoms with E-state index >= 15 is 0 Å². The van der Waals surface area contributed by atoms with Crippen LogP contribution in [0.4, 0.5) is 24.7 Å². The Labute approximate surface area is 286 Å². The van der Waals surface area contributed by atoms with Crippen LogP contribution in [-0.2, 0) is 29.2 Å². The Morgan fingerprint density at radius 1 is 1.00 bits per heavy atom. The predicted octanol–water partition coefficient (Wildman–Crippen LogP) is 6.75. The van der Waals surface area contributed by atoms with E-state index in [4.69, 9.17) is 9.47 Å². The minimum atomic E-state index is -4.39. The Bertz CT molecular complexity index is 1860. The van der Waals surface area contributed by atoms with Crippen LogP contribution in [0.3, 0.4) is 0 Å². The molecule has 9 nitrogen and oxygen atoms in total. The van der Waals surface area contributed by atoms with Crippen molar-refractivity contribution in [2.75, 3.05) is 50.6 Å². The second kappa shape index (κ2) is 14.6. The van der Waals surface area contributed by atoms with E-state index in [0.717, 1.165) is 31.1 Å². The van der Waals surface area contributed by atoms with Gasteiger partial charge in [-0.3, -0.25) is 0 Å². The lowest BCUT2D eigenvalue weighted by Gasteiger charge is -2.48. The van der Waals surface area contributed by atoms with Gasteiger partial charge in [-0.1, -0.05) is 18.2 Å². The van der Waals surface area contributed by atoms with Crippen molar-refractivity contribution < 1.29 is 31.1 Å². The summed E-state index contributed by atoms with van der Waals surface area (Å²) in [4.78, 5) is 12.8. The molecule has 0 saturated carbocycles. The largest absolute Gasteiger partial charge is 0.497 e. The van der Waals surface area contributed by atoms with E-state index in [1.54, 1.807) is 50.4 Å². The molecule has 0 spiro atoms. The van der Waals surface area contributed by atoms with Gasteiger partial charge in [0.2, 0.25) is 0 Å². The minimum Gasteiger partial charge on any atom is -0.497 e. The number of methoxy groups -OCH3 is 2. The van der Waals surface area contributed by atoms with Gasteiger partial charge in [0, 0.05) is 48.2 Å². The summed E-state index contributed by atoms with van der Waals surface area (Å²) in [6, 6.07) is 17.6. The van der Waals surface area contributed by atoms with E-state index in [1.165, 1.54) is 36.1 Å². The fourth-order valence-corrected chi connectivity index (χ4v) is 8.11. The number of rotatable bonds is 12. The molecule has 0 amide bonds. The Morgan fingerprint density at radius 3 is 2.45 bits per heavy atom. The molecule has 49 heavy (non-hydrogen) atoms. The van der Waals surface area contributed by atoms with Crippen LogP contribution in [0, 0.1) is 6.92 Å². The number of likely N-dealkylation sites (N-methyl/N-ethyl adjacent to an activating group) is 1. The molecule has 4 aromatic rings. The molecule has 1 saturated heterocycles. The van der Waals surface area contributed by atoms with E-state index in [0.29, 0.717) is 47.6 Å². The van der Waals surface area contributed by atoms with E-state index in [2.05, 4.69) is 19.8 Å². The highest BCUT2D eigenvalue weighted by Gasteiger charge is 2.38. The van der Waals surface area contributed by atoms with Crippen molar-refractivity contribution in [1.82, 2.24) is 14.9 Å². The first-order valence-electron chi connectivity index (χ1n) is 16.0. The van der Waals surface area contributed by atoms with Crippen molar-refractivity contribution in [1.29, 1.82) is 0 Å². The van der Waals surface area contributed by atoms with Gasteiger partial charge < -0.3 is 19.3 Å². The minimum absolute atomic E-state index is 0.0446. The summed E-state index contributed by atoms with van der Waals surface area (Å²) >= 11 is 0. The highest BCUT2D eigenvalue weighted by atomic mass is 32.2. The van der Waals surface area contributed by atoms with E-state index in [9.17, 15) is 21.6 Å². The second-order valence-corrected chi connectivity index (χ2v) is 14.4. The molecule has 13 heteroatoms. The van der Waals surface area contributed by atoms with Crippen molar-refractivity contribution in [3.05, 3.63) is 102 Å². The number of piperidine rings is 1. The van der Waals surface area contributed by atoms with Gasteiger partial charge >= 0.3 is 6.18 Å². The van der Waals surface area contributed by atoms with Gasteiger partial charge in [-0.2, -0.15) is 13.2 Å². The van der Waals surface area contributed by atoms with Crippen molar-refractivity contribution in [2.24, 2.45) is 0 Å². The number of nitrogens with zero attached hydrogens (tertiary/aromatic N) is 5. The van der Waals surface area contributed by atoms with Gasteiger partial charge in [-0.15, -0.1) is 0 Å². The van der Waals surface area contributed by atoms with Gasteiger partial charge in [-0.25, -0.2) is 22.7 Å². The third kappa shape index (κ3) is 7.94. The molecule has 3 aromatic carbocycles. The first-order chi connectivity index (χ1) is 23.3. The van der Waals surface area contributed by atoms with E-state index in [-0.39, 0.29) is 22.8 Å². The molecule has 5 rings (SSSR count). The number of alkyl halides is 3. The fourth-order valence-electron chi connectivity index (χ4n) is 6.50. The van der Waals surface area contributed by atoms with Crippen LogP contribution in [0.5, 0.6) is 11.5 Å². The molecular formula is C36H42F3N5O4S. The van der Waals surface area contributed by atoms with Crippen LogP contribution in [0.2, 0.25) is 0 Å². The number of halogens is 3. The van der Waals surface area contributed by atoms with Crippen molar-refractivity contribution in [2.45, 2.75) is 55.8 Å². The SMILES string of the molecule is COc1ccc(CN(c2ccncn2)S(=O)(=O)c2ccc(N3CCC[C@](CCc4cccc(C(F)(F)F)c4)(N(C)C)C3)cc2C)c(OC)c1. The van der Waals surface area contributed by atoms with Gasteiger partial charge in [0.1, 0.15) is 23.6 Å². The lowest BCUT2D eigenvalue weighted by Crippen LogP contribution is -2.56. The van der Waals surface area contributed by atoms with Crippen LogP contribution in [-0.4, -0.2) is 70.2 Å². The smallest absolute Gasteiger partial charge is 0.416 e. The summed E-state index contributed by atoms with van der Waals surface area (Å²) in [5, 5.41) is 0. The van der Waals surface area contributed by atoms with E-state index < -0.39 is 21.8 Å². The number of sulfonamides is 1. The molecule has 2 heterocycles. The molecule has 262 valence electrons. The van der Waals surface area contributed by atoms with Crippen LogP contribution in [0.25, 0.3) is 0 Å². The van der Waals surface area contributed by atoms with Crippen LogP contribution in [0.1, 0.15) is 41.5 Å². The number of anilines is 2. The van der Waals surface area contributed by atoms with Crippen LogP contribution in [0.15, 0.2) is 84.1 Å².